The van der Waals surface area contributed by atoms with Gasteiger partial charge in [0.1, 0.15) is 5.75 Å². The van der Waals surface area contributed by atoms with Crippen LogP contribution < -0.4 is 4.74 Å². The monoisotopic (exact) mass is 325 g/mol. The smallest absolute Gasteiger partial charge is 0.311 e. The van der Waals surface area contributed by atoms with Crippen LogP contribution in [0.4, 0.5) is 0 Å². The molecule has 1 heterocycles. The molecule has 2 rings (SSSR count). The third-order valence-corrected chi connectivity index (χ3v) is 4.68. The summed E-state index contributed by atoms with van der Waals surface area (Å²) in [5.41, 5.74) is -0.861. The minimum atomic E-state index is -0.861. The molecule has 1 aromatic carbocycles. The minimum absolute atomic E-state index is 0.0349. The molecular weight excluding hydrogens is 306 g/mol. The summed E-state index contributed by atoms with van der Waals surface area (Å²) in [6.07, 6.45) is 0.470. The van der Waals surface area contributed by atoms with Gasteiger partial charge in [-0.1, -0.05) is 37.6 Å². The molecule has 6 heteroatoms. The largest absolute Gasteiger partial charge is 0.482 e. The number of hydrogen-bond acceptors (Lipinski definition) is 3. The van der Waals surface area contributed by atoms with E-state index in [2.05, 4.69) is 0 Å². The van der Waals surface area contributed by atoms with E-state index >= 15 is 0 Å². The SMILES string of the molecule is CC(C)C1(C(=O)O)CCN(C(=O)COc2ccccc2Cl)C1. The molecule has 1 aliphatic heterocycles. The van der Waals surface area contributed by atoms with E-state index in [9.17, 15) is 14.7 Å². The van der Waals surface area contributed by atoms with Gasteiger partial charge in [-0.15, -0.1) is 0 Å². The Hall–Kier alpha value is -1.75. The second-order valence-corrected chi connectivity index (χ2v) is 6.31. The van der Waals surface area contributed by atoms with Crippen LogP contribution in [0, 0.1) is 11.3 Å². The predicted molar refractivity (Wildman–Crippen MR) is 83.1 cm³/mol. The van der Waals surface area contributed by atoms with Crippen LogP contribution in [-0.2, 0) is 9.59 Å². The van der Waals surface area contributed by atoms with Crippen LogP contribution >= 0.6 is 11.6 Å². The summed E-state index contributed by atoms with van der Waals surface area (Å²) in [5.74, 6) is -0.647. The zero-order valence-corrected chi connectivity index (χ0v) is 13.5. The third kappa shape index (κ3) is 3.19. The van der Waals surface area contributed by atoms with E-state index in [0.717, 1.165) is 0 Å². The summed E-state index contributed by atoms with van der Waals surface area (Å²) >= 11 is 5.97. The first-order chi connectivity index (χ1) is 10.4. The number of nitrogens with zero attached hydrogens (tertiary/aromatic N) is 1. The fraction of sp³-hybridized carbons (Fsp3) is 0.500. The lowest BCUT2D eigenvalue weighted by Crippen LogP contribution is -2.41. The number of carbonyl (C=O) groups excluding carboxylic acids is 1. The molecule has 1 aromatic rings. The molecule has 5 nitrogen and oxygen atoms in total. The average molecular weight is 326 g/mol. The standard InChI is InChI=1S/C16H20ClNO4/c1-11(2)16(15(20)21)7-8-18(10-16)14(19)9-22-13-6-4-3-5-12(13)17/h3-6,11H,7-10H2,1-2H3,(H,20,21). The molecule has 0 aromatic heterocycles. The van der Waals surface area contributed by atoms with E-state index in [1.54, 1.807) is 29.2 Å². The van der Waals surface area contributed by atoms with Gasteiger partial charge >= 0.3 is 5.97 Å². The Kier molecular flexibility index (Phi) is 4.96. The number of amides is 1. The summed E-state index contributed by atoms with van der Waals surface area (Å²) in [4.78, 5) is 25.4. The van der Waals surface area contributed by atoms with Crippen molar-refractivity contribution in [2.45, 2.75) is 20.3 Å². The molecule has 1 fully saturated rings. The van der Waals surface area contributed by atoms with Crippen LogP contribution in [0.15, 0.2) is 24.3 Å². The summed E-state index contributed by atoms with van der Waals surface area (Å²) in [6.45, 7) is 4.28. The maximum Gasteiger partial charge on any atom is 0.311 e. The Morgan fingerprint density at radius 2 is 2.09 bits per heavy atom. The Labute approximate surface area is 134 Å². The Bertz CT molecular complexity index is 575. The third-order valence-electron chi connectivity index (χ3n) is 4.37. The van der Waals surface area contributed by atoms with Crippen molar-refractivity contribution in [3.05, 3.63) is 29.3 Å². The number of ether oxygens (including phenoxy) is 1. The number of halogens is 1. The highest BCUT2D eigenvalue weighted by atomic mass is 35.5. The van der Waals surface area contributed by atoms with Crippen molar-refractivity contribution < 1.29 is 19.4 Å². The number of likely N-dealkylation sites (tertiary alicyclic amines) is 1. The summed E-state index contributed by atoms with van der Waals surface area (Å²) in [6, 6.07) is 6.93. The summed E-state index contributed by atoms with van der Waals surface area (Å²) < 4.78 is 5.43. The average Bonchev–Trinajstić information content (AvgIpc) is 2.93. The molecule has 1 saturated heterocycles. The summed E-state index contributed by atoms with van der Waals surface area (Å²) in [7, 11) is 0. The van der Waals surface area contributed by atoms with Gasteiger partial charge in [-0.25, -0.2) is 0 Å². The molecular formula is C16H20ClNO4. The highest BCUT2D eigenvalue weighted by Crippen LogP contribution is 2.38. The van der Waals surface area contributed by atoms with Crippen molar-refractivity contribution in [3.63, 3.8) is 0 Å². The highest BCUT2D eigenvalue weighted by molar-refractivity contribution is 6.32. The Morgan fingerprint density at radius 3 is 2.64 bits per heavy atom. The van der Waals surface area contributed by atoms with Gasteiger partial charge in [-0.3, -0.25) is 9.59 Å². The van der Waals surface area contributed by atoms with Crippen molar-refractivity contribution in [2.75, 3.05) is 19.7 Å². The minimum Gasteiger partial charge on any atom is -0.482 e. The van der Waals surface area contributed by atoms with Gasteiger partial charge < -0.3 is 14.7 Å². The van der Waals surface area contributed by atoms with Crippen LogP contribution in [0.1, 0.15) is 20.3 Å². The maximum atomic E-state index is 12.2. The van der Waals surface area contributed by atoms with Crippen LogP contribution in [0.2, 0.25) is 5.02 Å². The fourth-order valence-corrected chi connectivity index (χ4v) is 2.92. The number of rotatable bonds is 5. The Morgan fingerprint density at radius 1 is 1.41 bits per heavy atom. The zero-order chi connectivity index (χ0) is 16.3. The molecule has 1 unspecified atom stereocenters. The van der Waals surface area contributed by atoms with Crippen LogP contribution in [0.5, 0.6) is 5.75 Å². The lowest BCUT2D eigenvalue weighted by molar-refractivity contribution is -0.151. The van der Waals surface area contributed by atoms with E-state index in [4.69, 9.17) is 16.3 Å². The van der Waals surface area contributed by atoms with E-state index in [1.807, 2.05) is 13.8 Å². The topological polar surface area (TPSA) is 66.8 Å². The molecule has 1 atom stereocenters. The molecule has 1 N–H and O–H groups in total. The lowest BCUT2D eigenvalue weighted by Gasteiger charge is -2.28. The van der Waals surface area contributed by atoms with Crippen molar-refractivity contribution in [3.8, 4) is 5.75 Å². The van der Waals surface area contributed by atoms with Crippen LogP contribution in [-0.4, -0.2) is 41.6 Å². The number of para-hydroxylation sites is 1. The molecule has 0 radical (unpaired) electrons. The normalized spacial score (nSPS) is 21.2. The van der Waals surface area contributed by atoms with Gasteiger partial charge in [-0.2, -0.15) is 0 Å². The van der Waals surface area contributed by atoms with Gasteiger partial charge in [-0.05, 0) is 24.5 Å². The molecule has 22 heavy (non-hydrogen) atoms. The second kappa shape index (κ2) is 6.57. The van der Waals surface area contributed by atoms with Gasteiger partial charge in [0, 0.05) is 13.1 Å². The number of carboxylic acid groups (broad SMARTS) is 1. The van der Waals surface area contributed by atoms with Gasteiger partial charge in [0.05, 0.1) is 10.4 Å². The first kappa shape index (κ1) is 16.6. The highest BCUT2D eigenvalue weighted by Gasteiger charge is 2.48. The van der Waals surface area contributed by atoms with Gasteiger partial charge in [0.15, 0.2) is 6.61 Å². The number of carbonyl (C=O) groups is 2. The molecule has 120 valence electrons. The maximum absolute atomic E-state index is 12.2. The van der Waals surface area contributed by atoms with Gasteiger partial charge in [0.2, 0.25) is 0 Å². The summed E-state index contributed by atoms with van der Waals surface area (Å²) in [5, 5.41) is 9.93. The first-order valence-corrected chi connectivity index (χ1v) is 7.63. The number of carboxylic acids is 1. The van der Waals surface area contributed by atoms with E-state index < -0.39 is 11.4 Å². The molecule has 0 saturated carbocycles. The predicted octanol–water partition coefficient (Wildman–Crippen LogP) is 2.68. The number of benzene rings is 1. The number of hydrogen-bond donors (Lipinski definition) is 1. The van der Waals surface area contributed by atoms with E-state index in [0.29, 0.717) is 23.7 Å². The Balaban J connectivity index is 1.97. The molecule has 0 bridgehead atoms. The van der Waals surface area contributed by atoms with Gasteiger partial charge in [0.25, 0.3) is 5.91 Å². The molecule has 1 aliphatic rings. The van der Waals surface area contributed by atoms with Crippen molar-refractivity contribution in [2.24, 2.45) is 11.3 Å². The fourth-order valence-electron chi connectivity index (χ4n) is 2.73. The first-order valence-electron chi connectivity index (χ1n) is 7.25. The zero-order valence-electron chi connectivity index (χ0n) is 12.7. The van der Waals surface area contributed by atoms with Crippen molar-refractivity contribution in [1.82, 2.24) is 4.90 Å². The number of aliphatic carboxylic acids is 1. The van der Waals surface area contributed by atoms with Crippen LogP contribution in [0.25, 0.3) is 0 Å². The molecule has 1 amide bonds. The molecule has 0 aliphatic carbocycles. The second-order valence-electron chi connectivity index (χ2n) is 5.90. The van der Waals surface area contributed by atoms with E-state index in [1.165, 1.54) is 0 Å². The van der Waals surface area contributed by atoms with E-state index in [-0.39, 0.29) is 25.0 Å². The van der Waals surface area contributed by atoms with Crippen molar-refractivity contribution in [1.29, 1.82) is 0 Å². The van der Waals surface area contributed by atoms with Crippen LogP contribution in [0.3, 0.4) is 0 Å². The van der Waals surface area contributed by atoms with Crippen molar-refractivity contribution >= 4 is 23.5 Å². The molecule has 0 spiro atoms. The lowest BCUT2D eigenvalue weighted by atomic mass is 9.76. The quantitative estimate of drug-likeness (QED) is 0.903.